The third-order valence-corrected chi connectivity index (χ3v) is 5.58. The van der Waals surface area contributed by atoms with Crippen molar-refractivity contribution in [1.82, 2.24) is 10.0 Å². The second-order valence-electron chi connectivity index (χ2n) is 6.69. The van der Waals surface area contributed by atoms with Crippen LogP contribution in [-0.2, 0) is 10.0 Å². The van der Waals surface area contributed by atoms with Crippen molar-refractivity contribution in [2.75, 3.05) is 0 Å². The van der Waals surface area contributed by atoms with Gasteiger partial charge in [0.25, 0.3) is 15.9 Å². The number of amides is 1. The van der Waals surface area contributed by atoms with Crippen LogP contribution in [0.5, 0.6) is 0 Å². The summed E-state index contributed by atoms with van der Waals surface area (Å²) in [4.78, 5) is 12.3. The van der Waals surface area contributed by atoms with Crippen LogP contribution in [0.1, 0.15) is 49.9 Å². The van der Waals surface area contributed by atoms with E-state index in [2.05, 4.69) is 26.0 Å². The minimum Gasteiger partial charge on any atom is -0.438 e. The summed E-state index contributed by atoms with van der Waals surface area (Å²) in [6.07, 6.45) is 0. The molecule has 1 heterocycles. The Morgan fingerprint density at radius 3 is 2.40 bits per heavy atom. The number of carbonyl (C=O) groups is 1. The van der Waals surface area contributed by atoms with Crippen molar-refractivity contribution in [2.45, 2.75) is 44.4 Å². The van der Waals surface area contributed by atoms with Crippen LogP contribution in [-0.4, -0.2) is 19.9 Å². The lowest BCUT2D eigenvalue weighted by atomic mass is 10.1. The number of halogens is 1. The average molecular weight is 429 g/mol. The zero-order valence-corrected chi connectivity index (χ0v) is 16.9. The first-order valence-corrected chi connectivity index (χ1v) is 9.96. The second kappa shape index (κ2) is 7.31. The highest BCUT2D eigenvalue weighted by molar-refractivity contribution is 9.10. The highest BCUT2D eigenvalue weighted by Crippen LogP contribution is 2.23. The van der Waals surface area contributed by atoms with Gasteiger partial charge < -0.3 is 9.73 Å². The van der Waals surface area contributed by atoms with Gasteiger partial charge >= 0.3 is 0 Å². The van der Waals surface area contributed by atoms with Gasteiger partial charge in [0.05, 0.1) is 6.04 Å². The van der Waals surface area contributed by atoms with Crippen molar-refractivity contribution in [3.05, 3.63) is 52.2 Å². The Bertz CT molecular complexity index is 869. The molecule has 0 aliphatic rings. The molecule has 1 aromatic heterocycles. The maximum Gasteiger partial charge on any atom is 0.287 e. The Hall–Kier alpha value is -1.64. The van der Waals surface area contributed by atoms with Crippen LogP contribution in [0.2, 0.25) is 0 Å². The molecule has 0 bridgehead atoms. The van der Waals surface area contributed by atoms with E-state index >= 15 is 0 Å². The van der Waals surface area contributed by atoms with Gasteiger partial charge in [0.15, 0.2) is 5.76 Å². The molecule has 2 aromatic rings. The average Bonchev–Trinajstić information content (AvgIpc) is 2.95. The van der Waals surface area contributed by atoms with Crippen LogP contribution in [0.25, 0.3) is 0 Å². The van der Waals surface area contributed by atoms with E-state index in [1.165, 1.54) is 12.1 Å². The van der Waals surface area contributed by atoms with E-state index in [-0.39, 0.29) is 16.9 Å². The molecule has 0 aliphatic carbocycles. The van der Waals surface area contributed by atoms with Gasteiger partial charge in [-0.15, -0.1) is 0 Å². The Kier molecular flexibility index (Phi) is 5.75. The minimum atomic E-state index is -3.82. The molecule has 25 heavy (non-hydrogen) atoms. The molecule has 1 unspecified atom stereocenters. The molecular weight excluding hydrogens is 408 g/mol. The first-order valence-electron chi connectivity index (χ1n) is 7.69. The Morgan fingerprint density at radius 1 is 1.16 bits per heavy atom. The van der Waals surface area contributed by atoms with E-state index < -0.39 is 21.5 Å². The fourth-order valence-electron chi connectivity index (χ4n) is 2.21. The lowest BCUT2D eigenvalue weighted by molar-refractivity contribution is 0.0906. The number of nitrogens with one attached hydrogen (secondary N) is 2. The minimum absolute atomic E-state index is 0.0619. The molecule has 1 aromatic carbocycles. The number of carbonyl (C=O) groups excluding carboxylic acids is 1. The molecule has 0 saturated carbocycles. The number of furan rings is 1. The van der Waals surface area contributed by atoms with Crippen LogP contribution in [0.4, 0.5) is 0 Å². The van der Waals surface area contributed by atoms with Crippen LogP contribution >= 0.6 is 15.9 Å². The maximum absolute atomic E-state index is 12.3. The number of sulfonamides is 1. The van der Waals surface area contributed by atoms with Gasteiger partial charge in [0.1, 0.15) is 0 Å². The second-order valence-corrected chi connectivity index (χ2v) is 9.16. The van der Waals surface area contributed by atoms with E-state index in [1.807, 2.05) is 31.2 Å². The lowest BCUT2D eigenvalue weighted by Gasteiger charge is -2.19. The summed E-state index contributed by atoms with van der Waals surface area (Å²) in [6.45, 7) is 7.00. The van der Waals surface area contributed by atoms with E-state index in [0.717, 1.165) is 10.0 Å². The van der Waals surface area contributed by atoms with E-state index in [9.17, 15) is 13.2 Å². The Balaban J connectivity index is 2.14. The van der Waals surface area contributed by atoms with Gasteiger partial charge in [-0.1, -0.05) is 34.1 Å². The number of hydrogen-bond donors (Lipinski definition) is 2. The summed E-state index contributed by atoms with van der Waals surface area (Å²) in [5.41, 5.74) is 0.256. The topological polar surface area (TPSA) is 88.4 Å². The van der Waals surface area contributed by atoms with Gasteiger partial charge in [0.2, 0.25) is 5.09 Å². The molecule has 0 aliphatic heterocycles. The van der Waals surface area contributed by atoms with Crippen LogP contribution in [0, 0.1) is 0 Å². The highest BCUT2D eigenvalue weighted by Gasteiger charge is 2.26. The van der Waals surface area contributed by atoms with Gasteiger partial charge in [-0.25, -0.2) is 13.1 Å². The number of rotatable bonds is 5. The third-order valence-electron chi connectivity index (χ3n) is 3.23. The summed E-state index contributed by atoms with van der Waals surface area (Å²) in [5, 5.41) is 2.50. The van der Waals surface area contributed by atoms with Crippen molar-refractivity contribution in [1.29, 1.82) is 0 Å². The molecule has 0 saturated heterocycles. The molecule has 6 nitrogen and oxygen atoms in total. The quantitative estimate of drug-likeness (QED) is 0.760. The summed E-state index contributed by atoms with van der Waals surface area (Å²) < 4.78 is 33.1. The van der Waals surface area contributed by atoms with Crippen molar-refractivity contribution < 1.29 is 17.6 Å². The summed E-state index contributed by atoms with van der Waals surface area (Å²) in [5.74, 6) is -0.548. The molecule has 1 amide bonds. The largest absolute Gasteiger partial charge is 0.438 e. The smallest absolute Gasteiger partial charge is 0.287 e. The third kappa shape index (κ3) is 5.17. The van der Waals surface area contributed by atoms with Crippen LogP contribution in [0.3, 0.4) is 0 Å². The Labute approximate surface area is 156 Å². The first-order chi connectivity index (χ1) is 11.5. The van der Waals surface area contributed by atoms with E-state index in [0.29, 0.717) is 0 Å². The first kappa shape index (κ1) is 19.7. The highest BCUT2D eigenvalue weighted by atomic mass is 79.9. The maximum atomic E-state index is 12.3. The standard InChI is InChI=1S/C17H21BrN2O4S/c1-11(12-7-5-6-8-13(12)18)19-16(21)14-9-10-15(24-14)25(22,23)20-17(2,3)4/h5-11,20H,1-4H3,(H,19,21). The summed E-state index contributed by atoms with van der Waals surface area (Å²) in [7, 11) is -3.82. The van der Waals surface area contributed by atoms with Crippen molar-refractivity contribution in [3.63, 3.8) is 0 Å². The predicted octanol–water partition coefficient (Wildman–Crippen LogP) is 3.61. The molecule has 0 spiro atoms. The normalized spacial score (nSPS) is 13.5. The van der Waals surface area contributed by atoms with Crippen molar-refractivity contribution in [2.24, 2.45) is 0 Å². The van der Waals surface area contributed by atoms with E-state index in [1.54, 1.807) is 20.8 Å². The van der Waals surface area contributed by atoms with Gasteiger partial charge in [-0.3, -0.25) is 4.79 Å². The zero-order valence-electron chi connectivity index (χ0n) is 14.5. The van der Waals surface area contributed by atoms with Crippen LogP contribution < -0.4 is 10.0 Å². The van der Waals surface area contributed by atoms with Crippen LogP contribution in [0.15, 0.2) is 50.4 Å². The SMILES string of the molecule is CC(NC(=O)c1ccc(S(=O)(=O)NC(C)(C)C)o1)c1ccccc1Br. The van der Waals surface area contributed by atoms with Gasteiger partial charge in [-0.2, -0.15) is 0 Å². The molecule has 0 fully saturated rings. The fourth-order valence-corrected chi connectivity index (χ4v) is 4.19. The van der Waals surface area contributed by atoms with Gasteiger partial charge in [-0.05, 0) is 51.5 Å². The van der Waals surface area contributed by atoms with Crippen molar-refractivity contribution >= 4 is 31.9 Å². The number of hydrogen-bond acceptors (Lipinski definition) is 4. The monoisotopic (exact) mass is 428 g/mol. The molecular formula is C17H21BrN2O4S. The number of benzene rings is 1. The predicted molar refractivity (Wildman–Crippen MR) is 98.8 cm³/mol. The van der Waals surface area contributed by atoms with E-state index in [4.69, 9.17) is 4.42 Å². The Morgan fingerprint density at radius 2 is 1.80 bits per heavy atom. The zero-order chi connectivity index (χ0) is 18.8. The summed E-state index contributed by atoms with van der Waals surface area (Å²) >= 11 is 3.44. The lowest BCUT2D eigenvalue weighted by Crippen LogP contribution is -2.40. The fraction of sp³-hybridized carbons (Fsp3) is 0.353. The molecule has 8 heteroatoms. The molecule has 2 rings (SSSR count). The van der Waals surface area contributed by atoms with Crippen molar-refractivity contribution in [3.8, 4) is 0 Å². The molecule has 0 radical (unpaired) electrons. The van der Waals surface area contributed by atoms with Gasteiger partial charge in [0, 0.05) is 10.0 Å². The molecule has 2 N–H and O–H groups in total. The summed E-state index contributed by atoms with van der Waals surface area (Å²) in [6, 6.07) is 9.87. The molecule has 136 valence electrons. The molecule has 1 atom stereocenters.